The lowest BCUT2D eigenvalue weighted by molar-refractivity contribution is 0.133. The van der Waals surface area contributed by atoms with Gasteiger partial charge in [-0.3, -0.25) is 0 Å². The standard InChI is InChI=1S/C11H12ClN3O2/c1-7-4-8(2-3-15(7)11(16)17)10-13-5-9(12)6-14-10/h2,5-7H,3-4H2,1H3,(H,16,17)/t7-/m1/s1. The molecule has 6 heteroatoms. The number of amides is 1. The second-order valence-electron chi connectivity index (χ2n) is 3.94. The topological polar surface area (TPSA) is 66.3 Å². The van der Waals surface area contributed by atoms with Crippen LogP contribution in [0.25, 0.3) is 5.57 Å². The van der Waals surface area contributed by atoms with Gasteiger partial charge in [-0.15, -0.1) is 0 Å². The van der Waals surface area contributed by atoms with Crippen LogP contribution < -0.4 is 0 Å². The summed E-state index contributed by atoms with van der Waals surface area (Å²) in [7, 11) is 0. The zero-order valence-corrected chi connectivity index (χ0v) is 10.1. The quantitative estimate of drug-likeness (QED) is 0.834. The number of hydrogen-bond donors (Lipinski definition) is 1. The molecule has 1 aromatic rings. The van der Waals surface area contributed by atoms with Gasteiger partial charge in [-0.05, 0) is 18.9 Å². The Morgan fingerprint density at radius 3 is 2.71 bits per heavy atom. The number of carbonyl (C=O) groups is 1. The van der Waals surface area contributed by atoms with E-state index in [1.807, 2.05) is 13.0 Å². The molecule has 0 aliphatic carbocycles. The number of carboxylic acid groups (broad SMARTS) is 1. The van der Waals surface area contributed by atoms with Crippen molar-refractivity contribution in [3.05, 3.63) is 29.3 Å². The van der Waals surface area contributed by atoms with Crippen LogP contribution in [0.5, 0.6) is 0 Å². The first-order valence-electron chi connectivity index (χ1n) is 5.24. The van der Waals surface area contributed by atoms with E-state index in [0.717, 1.165) is 5.57 Å². The molecule has 0 fully saturated rings. The normalized spacial score (nSPS) is 20.0. The van der Waals surface area contributed by atoms with Crippen molar-refractivity contribution in [2.24, 2.45) is 0 Å². The van der Waals surface area contributed by atoms with E-state index in [-0.39, 0.29) is 6.04 Å². The molecule has 0 unspecified atom stereocenters. The van der Waals surface area contributed by atoms with E-state index in [2.05, 4.69) is 9.97 Å². The summed E-state index contributed by atoms with van der Waals surface area (Å²) in [4.78, 5) is 20.5. The molecule has 2 rings (SSSR count). The second-order valence-corrected chi connectivity index (χ2v) is 4.38. The van der Waals surface area contributed by atoms with E-state index < -0.39 is 6.09 Å². The van der Waals surface area contributed by atoms with Crippen molar-refractivity contribution in [2.45, 2.75) is 19.4 Å². The minimum absolute atomic E-state index is 0.0632. The summed E-state index contributed by atoms with van der Waals surface area (Å²) in [6.45, 7) is 2.24. The van der Waals surface area contributed by atoms with Crippen molar-refractivity contribution in [1.29, 1.82) is 0 Å². The van der Waals surface area contributed by atoms with Crippen LogP contribution in [0.15, 0.2) is 18.5 Å². The molecule has 0 bridgehead atoms. The maximum atomic E-state index is 10.9. The zero-order valence-electron chi connectivity index (χ0n) is 9.30. The van der Waals surface area contributed by atoms with E-state index in [9.17, 15) is 4.79 Å². The lowest BCUT2D eigenvalue weighted by Gasteiger charge is -2.30. The van der Waals surface area contributed by atoms with E-state index in [1.54, 1.807) is 12.4 Å². The molecule has 1 N–H and O–H groups in total. The first-order chi connectivity index (χ1) is 8.08. The molecule has 1 aliphatic heterocycles. The molecule has 1 atom stereocenters. The third-order valence-corrected chi connectivity index (χ3v) is 2.93. The molecule has 17 heavy (non-hydrogen) atoms. The van der Waals surface area contributed by atoms with Crippen molar-refractivity contribution in [3.63, 3.8) is 0 Å². The Morgan fingerprint density at radius 2 is 2.18 bits per heavy atom. The molecule has 1 amide bonds. The number of aromatic nitrogens is 2. The van der Waals surface area contributed by atoms with Crippen LogP contribution >= 0.6 is 11.6 Å². The van der Waals surface area contributed by atoms with Crippen LogP contribution in [0.1, 0.15) is 19.2 Å². The highest BCUT2D eigenvalue weighted by Crippen LogP contribution is 2.24. The summed E-state index contributed by atoms with van der Waals surface area (Å²) in [5.74, 6) is 0.617. The van der Waals surface area contributed by atoms with Crippen LogP contribution in [0.2, 0.25) is 5.02 Å². The Bertz CT molecular complexity index is 458. The van der Waals surface area contributed by atoms with E-state index in [1.165, 1.54) is 4.90 Å². The summed E-state index contributed by atoms with van der Waals surface area (Å²) in [5.41, 5.74) is 0.965. The molecule has 5 nitrogen and oxygen atoms in total. The molecular weight excluding hydrogens is 242 g/mol. The maximum Gasteiger partial charge on any atom is 0.407 e. The molecule has 0 spiro atoms. The average Bonchev–Trinajstić information content (AvgIpc) is 2.29. The molecule has 0 saturated carbocycles. The van der Waals surface area contributed by atoms with Gasteiger partial charge in [-0.2, -0.15) is 0 Å². The highest BCUT2D eigenvalue weighted by atomic mass is 35.5. The highest BCUT2D eigenvalue weighted by molar-refractivity contribution is 6.30. The maximum absolute atomic E-state index is 10.9. The fraction of sp³-hybridized carbons (Fsp3) is 0.364. The van der Waals surface area contributed by atoms with Gasteiger partial charge in [-0.1, -0.05) is 17.7 Å². The zero-order chi connectivity index (χ0) is 12.4. The predicted octanol–water partition coefficient (Wildman–Crippen LogP) is 2.29. The van der Waals surface area contributed by atoms with Gasteiger partial charge in [0.2, 0.25) is 0 Å². The Kier molecular flexibility index (Phi) is 3.28. The second kappa shape index (κ2) is 4.71. The summed E-state index contributed by atoms with van der Waals surface area (Å²) in [6, 6.07) is -0.0632. The van der Waals surface area contributed by atoms with E-state index in [0.29, 0.717) is 23.8 Å². The van der Waals surface area contributed by atoms with Crippen LogP contribution in [0.4, 0.5) is 4.79 Å². The number of hydrogen-bond acceptors (Lipinski definition) is 3. The minimum Gasteiger partial charge on any atom is -0.465 e. The molecule has 90 valence electrons. The minimum atomic E-state index is -0.898. The van der Waals surface area contributed by atoms with Crippen LogP contribution in [-0.2, 0) is 0 Å². The molecule has 0 radical (unpaired) electrons. The SMILES string of the molecule is C[C@@H]1CC(c2ncc(Cl)cn2)=CCN1C(=O)O. The number of rotatable bonds is 1. The Morgan fingerprint density at radius 1 is 1.53 bits per heavy atom. The molecule has 0 aromatic carbocycles. The van der Waals surface area contributed by atoms with Crippen molar-refractivity contribution in [3.8, 4) is 0 Å². The number of nitrogens with zero attached hydrogens (tertiary/aromatic N) is 3. The van der Waals surface area contributed by atoms with Gasteiger partial charge in [0.1, 0.15) is 0 Å². The van der Waals surface area contributed by atoms with Gasteiger partial charge >= 0.3 is 6.09 Å². The summed E-state index contributed by atoms with van der Waals surface area (Å²) < 4.78 is 0. The van der Waals surface area contributed by atoms with Crippen LogP contribution in [-0.4, -0.2) is 38.7 Å². The van der Waals surface area contributed by atoms with E-state index >= 15 is 0 Å². The van der Waals surface area contributed by atoms with Crippen LogP contribution in [0, 0.1) is 0 Å². The Hall–Kier alpha value is -1.62. The predicted molar refractivity (Wildman–Crippen MR) is 63.8 cm³/mol. The van der Waals surface area contributed by atoms with Gasteiger partial charge in [0.25, 0.3) is 0 Å². The summed E-state index contributed by atoms with van der Waals surface area (Å²) in [5, 5.41) is 9.44. The fourth-order valence-corrected chi connectivity index (χ4v) is 1.93. The molecule has 2 heterocycles. The summed E-state index contributed by atoms with van der Waals surface area (Å²) in [6.07, 6.45) is 4.65. The van der Waals surface area contributed by atoms with Crippen molar-refractivity contribution in [1.82, 2.24) is 14.9 Å². The van der Waals surface area contributed by atoms with Gasteiger partial charge < -0.3 is 10.0 Å². The first-order valence-corrected chi connectivity index (χ1v) is 5.62. The van der Waals surface area contributed by atoms with Crippen molar-refractivity contribution < 1.29 is 9.90 Å². The lowest BCUT2D eigenvalue weighted by atomic mass is 10.0. The Balaban J connectivity index is 2.19. The highest BCUT2D eigenvalue weighted by Gasteiger charge is 2.24. The van der Waals surface area contributed by atoms with E-state index in [4.69, 9.17) is 16.7 Å². The largest absolute Gasteiger partial charge is 0.465 e. The van der Waals surface area contributed by atoms with Crippen LogP contribution in [0.3, 0.4) is 0 Å². The smallest absolute Gasteiger partial charge is 0.407 e. The molecule has 1 aliphatic rings. The van der Waals surface area contributed by atoms with Crippen molar-refractivity contribution >= 4 is 23.3 Å². The summed E-state index contributed by atoms with van der Waals surface area (Å²) >= 11 is 5.71. The van der Waals surface area contributed by atoms with Gasteiger partial charge in [0.05, 0.1) is 5.02 Å². The Labute approximate surface area is 104 Å². The van der Waals surface area contributed by atoms with Crippen molar-refractivity contribution in [2.75, 3.05) is 6.54 Å². The third-order valence-electron chi connectivity index (χ3n) is 2.74. The average molecular weight is 254 g/mol. The monoisotopic (exact) mass is 253 g/mol. The molecular formula is C11H12ClN3O2. The molecule has 1 aromatic heterocycles. The lowest BCUT2D eigenvalue weighted by Crippen LogP contribution is -2.40. The van der Waals surface area contributed by atoms with Gasteiger partial charge in [0, 0.05) is 25.0 Å². The fourth-order valence-electron chi connectivity index (χ4n) is 1.83. The number of halogens is 1. The third kappa shape index (κ3) is 2.55. The van der Waals surface area contributed by atoms with Gasteiger partial charge in [-0.25, -0.2) is 14.8 Å². The van der Waals surface area contributed by atoms with Gasteiger partial charge in [0.15, 0.2) is 5.82 Å². The first kappa shape index (κ1) is 11.9. The molecule has 0 saturated heterocycles.